The molecule has 4 aromatic rings. The molecule has 0 bridgehead atoms. The average Bonchev–Trinajstić information content (AvgIpc) is 3.29. The van der Waals surface area contributed by atoms with Gasteiger partial charge in [0.25, 0.3) is 5.91 Å². The smallest absolute Gasteiger partial charge is 0.255 e. The van der Waals surface area contributed by atoms with Crippen LogP contribution in [0.25, 0.3) is 11.4 Å². The normalized spacial score (nSPS) is 14.8. The third-order valence-corrected chi connectivity index (χ3v) is 6.47. The number of carbonyl (C=O) groups excluding carboxylic acids is 1. The highest BCUT2D eigenvalue weighted by Gasteiger charge is 2.36. The minimum Gasteiger partial charge on any atom is -0.496 e. The molecule has 2 aromatic carbocycles. The molecular formula is C25H20Cl2N6O2. The number of hydrogen-bond acceptors (Lipinski definition) is 6. The fourth-order valence-corrected chi connectivity index (χ4v) is 4.45. The summed E-state index contributed by atoms with van der Waals surface area (Å²) in [4.78, 5) is 22.3. The minimum absolute atomic E-state index is 0.330. The second kappa shape index (κ2) is 9.40. The highest BCUT2D eigenvalue weighted by atomic mass is 35.5. The molecule has 1 aliphatic rings. The van der Waals surface area contributed by atoms with Crippen molar-refractivity contribution < 1.29 is 9.53 Å². The van der Waals surface area contributed by atoms with E-state index in [1.54, 1.807) is 48.5 Å². The number of pyridine rings is 1. The van der Waals surface area contributed by atoms with Crippen molar-refractivity contribution in [3.05, 3.63) is 93.9 Å². The van der Waals surface area contributed by atoms with Gasteiger partial charge in [0.2, 0.25) is 5.95 Å². The number of anilines is 2. The van der Waals surface area contributed by atoms with E-state index in [1.807, 2.05) is 37.3 Å². The number of allylic oxidation sites excluding steroid dienone is 1. The lowest BCUT2D eigenvalue weighted by Gasteiger charge is -2.29. The Labute approximate surface area is 211 Å². The second-order valence-electron chi connectivity index (χ2n) is 7.81. The first kappa shape index (κ1) is 22.9. The highest BCUT2D eigenvalue weighted by molar-refractivity contribution is 6.42. The number of benzene rings is 2. The lowest BCUT2D eigenvalue weighted by Crippen LogP contribution is -2.31. The van der Waals surface area contributed by atoms with E-state index in [9.17, 15) is 4.79 Å². The first-order valence-electron chi connectivity index (χ1n) is 10.7. The summed E-state index contributed by atoms with van der Waals surface area (Å²) in [6, 6.07) is 15.6. The van der Waals surface area contributed by atoms with Crippen LogP contribution in [-0.2, 0) is 4.79 Å². The van der Waals surface area contributed by atoms with Crippen molar-refractivity contribution in [3.8, 4) is 17.1 Å². The lowest BCUT2D eigenvalue weighted by molar-refractivity contribution is -0.113. The van der Waals surface area contributed by atoms with Crippen LogP contribution in [0, 0.1) is 0 Å². The van der Waals surface area contributed by atoms with E-state index in [2.05, 4.69) is 15.6 Å². The SMILES string of the molecule is COc1ccccc1-c1nc2n(n1)C(c1cccc(Cl)c1Cl)C(C(=O)Nc1cccnc1)=C(C)N2. The van der Waals surface area contributed by atoms with E-state index in [0.717, 1.165) is 0 Å². The van der Waals surface area contributed by atoms with Crippen molar-refractivity contribution in [1.82, 2.24) is 19.7 Å². The Morgan fingerprint density at radius 2 is 1.94 bits per heavy atom. The van der Waals surface area contributed by atoms with Gasteiger partial charge in [0, 0.05) is 17.5 Å². The molecule has 1 unspecified atom stereocenters. The van der Waals surface area contributed by atoms with Crippen molar-refractivity contribution >= 4 is 40.7 Å². The number of methoxy groups -OCH3 is 1. The average molecular weight is 507 g/mol. The molecule has 1 amide bonds. The summed E-state index contributed by atoms with van der Waals surface area (Å²) in [6.07, 6.45) is 3.21. The molecule has 2 N–H and O–H groups in total. The fraction of sp³-hybridized carbons (Fsp3) is 0.120. The zero-order chi connectivity index (χ0) is 24.5. The van der Waals surface area contributed by atoms with Gasteiger partial charge in [0.05, 0.1) is 40.2 Å². The van der Waals surface area contributed by atoms with Gasteiger partial charge >= 0.3 is 0 Å². The van der Waals surface area contributed by atoms with E-state index >= 15 is 0 Å². The molecule has 0 radical (unpaired) electrons. The Bertz CT molecular complexity index is 1450. The van der Waals surface area contributed by atoms with Crippen LogP contribution < -0.4 is 15.4 Å². The first-order chi connectivity index (χ1) is 17.0. The van der Waals surface area contributed by atoms with Gasteiger partial charge in [0.1, 0.15) is 11.8 Å². The molecule has 8 nitrogen and oxygen atoms in total. The first-order valence-corrected chi connectivity index (χ1v) is 11.5. The van der Waals surface area contributed by atoms with Crippen LogP contribution in [0.3, 0.4) is 0 Å². The predicted molar refractivity (Wildman–Crippen MR) is 136 cm³/mol. The largest absolute Gasteiger partial charge is 0.496 e. The van der Waals surface area contributed by atoms with Crippen LogP contribution in [-0.4, -0.2) is 32.8 Å². The van der Waals surface area contributed by atoms with Crippen molar-refractivity contribution in [3.63, 3.8) is 0 Å². The van der Waals surface area contributed by atoms with Crippen LogP contribution >= 0.6 is 23.2 Å². The van der Waals surface area contributed by atoms with Crippen LogP contribution in [0.4, 0.5) is 11.6 Å². The topological polar surface area (TPSA) is 94.0 Å². The van der Waals surface area contributed by atoms with E-state index in [0.29, 0.717) is 55.7 Å². The summed E-state index contributed by atoms with van der Waals surface area (Å²) in [6.45, 7) is 1.81. The summed E-state index contributed by atoms with van der Waals surface area (Å²) in [5, 5.41) is 11.6. The summed E-state index contributed by atoms with van der Waals surface area (Å²) in [7, 11) is 1.59. The molecule has 35 heavy (non-hydrogen) atoms. The third kappa shape index (κ3) is 4.22. The molecule has 176 valence electrons. The predicted octanol–water partition coefficient (Wildman–Crippen LogP) is 5.58. The number of carbonyl (C=O) groups is 1. The van der Waals surface area contributed by atoms with Crippen molar-refractivity contribution in [2.75, 3.05) is 17.7 Å². The standard InChI is InChI=1S/C25H20Cl2N6O2/c1-14-20(24(34)30-15-7-6-12-28-13-15)22(17-9-5-10-18(26)21(17)27)33-25(29-14)31-23(32-33)16-8-3-4-11-19(16)35-2/h3-13,22H,1-2H3,(H,30,34)(H,29,31,32). The van der Waals surface area contributed by atoms with Gasteiger partial charge in [0.15, 0.2) is 5.82 Å². The summed E-state index contributed by atoms with van der Waals surface area (Å²) < 4.78 is 7.14. The van der Waals surface area contributed by atoms with Crippen molar-refractivity contribution in [2.24, 2.45) is 0 Å². The van der Waals surface area contributed by atoms with Crippen LogP contribution in [0.2, 0.25) is 10.0 Å². The Morgan fingerprint density at radius 3 is 2.71 bits per heavy atom. The van der Waals surface area contributed by atoms with E-state index in [4.69, 9.17) is 38.0 Å². The van der Waals surface area contributed by atoms with Gasteiger partial charge in [-0.05, 0) is 37.3 Å². The van der Waals surface area contributed by atoms with Crippen LogP contribution in [0.15, 0.2) is 78.3 Å². The summed E-state index contributed by atoms with van der Waals surface area (Å²) in [5.41, 5.74) is 2.93. The maximum absolute atomic E-state index is 13.6. The molecule has 0 fully saturated rings. The number of rotatable bonds is 5. The van der Waals surface area contributed by atoms with Gasteiger partial charge in [-0.25, -0.2) is 4.68 Å². The second-order valence-corrected chi connectivity index (χ2v) is 8.59. The molecule has 0 saturated carbocycles. The number of nitrogens with zero attached hydrogens (tertiary/aromatic N) is 4. The number of halogens is 2. The molecule has 0 saturated heterocycles. The number of amides is 1. The maximum atomic E-state index is 13.6. The number of para-hydroxylation sites is 1. The molecule has 0 spiro atoms. The lowest BCUT2D eigenvalue weighted by atomic mass is 9.95. The number of nitrogens with one attached hydrogen (secondary N) is 2. The van der Waals surface area contributed by atoms with Gasteiger partial charge < -0.3 is 15.4 Å². The van der Waals surface area contributed by atoms with Gasteiger partial charge in [-0.1, -0.05) is 47.5 Å². The third-order valence-electron chi connectivity index (χ3n) is 5.64. The zero-order valence-corrected chi connectivity index (χ0v) is 20.3. The van der Waals surface area contributed by atoms with Gasteiger partial charge in [-0.3, -0.25) is 9.78 Å². The molecule has 3 heterocycles. The molecular weight excluding hydrogens is 487 g/mol. The molecule has 10 heteroatoms. The monoisotopic (exact) mass is 506 g/mol. The molecule has 1 aliphatic heterocycles. The fourth-order valence-electron chi connectivity index (χ4n) is 4.04. The van der Waals surface area contributed by atoms with Crippen molar-refractivity contribution in [2.45, 2.75) is 13.0 Å². The van der Waals surface area contributed by atoms with Crippen LogP contribution in [0.1, 0.15) is 18.5 Å². The highest BCUT2D eigenvalue weighted by Crippen LogP contribution is 2.41. The molecule has 2 aromatic heterocycles. The Morgan fingerprint density at radius 1 is 1.11 bits per heavy atom. The molecule has 5 rings (SSSR count). The number of aromatic nitrogens is 4. The van der Waals surface area contributed by atoms with Gasteiger partial charge in [-0.15, -0.1) is 5.10 Å². The molecule has 0 aliphatic carbocycles. The van der Waals surface area contributed by atoms with E-state index in [-0.39, 0.29) is 5.91 Å². The zero-order valence-electron chi connectivity index (χ0n) is 18.8. The van der Waals surface area contributed by atoms with E-state index in [1.165, 1.54) is 0 Å². The summed E-state index contributed by atoms with van der Waals surface area (Å²) in [5.74, 6) is 1.20. The minimum atomic E-state index is -0.690. The summed E-state index contributed by atoms with van der Waals surface area (Å²) >= 11 is 13.0. The number of hydrogen-bond donors (Lipinski definition) is 2. The maximum Gasteiger partial charge on any atom is 0.255 e. The number of ether oxygens (including phenoxy) is 1. The Hall–Kier alpha value is -3.88. The Balaban J connectivity index is 1.66. The molecule has 1 atom stereocenters. The Kier molecular flexibility index (Phi) is 6.15. The quantitative estimate of drug-likeness (QED) is 0.366. The van der Waals surface area contributed by atoms with Crippen molar-refractivity contribution in [1.29, 1.82) is 0 Å². The van der Waals surface area contributed by atoms with Gasteiger partial charge in [-0.2, -0.15) is 4.98 Å². The van der Waals surface area contributed by atoms with Crippen LogP contribution in [0.5, 0.6) is 5.75 Å². The van der Waals surface area contributed by atoms with E-state index < -0.39 is 6.04 Å². The number of fused-ring (bicyclic) bond motifs is 1.